The predicted molar refractivity (Wildman–Crippen MR) is 104 cm³/mol. The summed E-state index contributed by atoms with van der Waals surface area (Å²) in [5.41, 5.74) is 2.49. The highest BCUT2D eigenvalue weighted by molar-refractivity contribution is 8.00. The molecule has 1 aliphatic rings. The summed E-state index contributed by atoms with van der Waals surface area (Å²) < 4.78 is 42.2. The predicted octanol–water partition coefficient (Wildman–Crippen LogP) is 3.63. The lowest BCUT2D eigenvalue weighted by Gasteiger charge is -2.21. The van der Waals surface area contributed by atoms with Crippen molar-refractivity contribution < 1.29 is 22.7 Å². The molecule has 2 heterocycles. The van der Waals surface area contributed by atoms with Crippen molar-refractivity contribution >= 4 is 23.4 Å². The molecular formula is C19H16F3N5O2S. The summed E-state index contributed by atoms with van der Waals surface area (Å²) in [6, 6.07) is 12.9. The van der Waals surface area contributed by atoms with E-state index in [1.807, 2.05) is 24.3 Å². The van der Waals surface area contributed by atoms with E-state index in [-0.39, 0.29) is 11.7 Å². The van der Waals surface area contributed by atoms with Crippen molar-refractivity contribution in [3.63, 3.8) is 0 Å². The van der Waals surface area contributed by atoms with Gasteiger partial charge in [-0.3, -0.25) is 4.79 Å². The molecule has 0 radical (unpaired) electrons. The number of hydrogen-bond acceptors (Lipinski definition) is 6. The van der Waals surface area contributed by atoms with E-state index < -0.39 is 11.6 Å². The molecule has 3 aromatic rings. The molecule has 1 aromatic heterocycles. The molecule has 0 aliphatic carbocycles. The fourth-order valence-electron chi connectivity index (χ4n) is 3.20. The normalized spacial score (nSPS) is 14.5. The van der Waals surface area contributed by atoms with E-state index in [2.05, 4.69) is 20.3 Å². The minimum atomic E-state index is -4.76. The smallest absolute Gasteiger partial charge is 0.406 e. The van der Waals surface area contributed by atoms with E-state index in [4.69, 9.17) is 0 Å². The number of hydrogen-bond donors (Lipinski definition) is 0. The lowest BCUT2D eigenvalue weighted by atomic mass is 10.2. The highest BCUT2D eigenvalue weighted by Crippen LogP contribution is 2.31. The molecule has 2 aromatic carbocycles. The Morgan fingerprint density at radius 1 is 1.17 bits per heavy atom. The summed E-state index contributed by atoms with van der Waals surface area (Å²) in [5, 5.41) is 11.4. The third kappa shape index (κ3) is 4.25. The number of ether oxygens (including phenoxy) is 1. The molecule has 1 unspecified atom stereocenters. The molecule has 0 saturated carbocycles. The van der Waals surface area contributed by atoms with Gasteiger partial charge in [0.2, 0.25) is 11.1 Å². The molecule has 0 N–H and O–H groups in total. The van der Waals surface area contributed by atoms with Crippen molar-refractivity contribution in [2.45, 2.75) is 30.1 Å². The first kappa shape index (κ1) is 20.2. The summed E-state index contributed by atoms with van der Waals surface area (Å²) in [6.07, 6.45) is -3.95. The number of carbonyl (C=O) groups excluding carboxylic acids is 1. The van der Waals surface area contributed by atoms with Crippen LogP contribution in [-0.2, 0) is 11.2 Å². The van der Waals surface area contributed by atoms with Crippen molar-refractivity contribution in [3.8, 4) is 11.4 Å². The molecule has 1 aliphatic heterocycles. The summed E-state index contributed by atoms with van der Waals surface area (Å²) in [4.78, 5) is 14.7. The summed E-state index contributed by atoms with van der Waals surface area (Å²) >= 11 is 1.18. The molecule has 4 rings (SSSR count). The first-order valence-electron chi connectivity index (χ1n) is 9.02. The number of anilines is 1. The molecule has 1 atom stereocenters. The van der Waals surface area contributed by atoms with E-state index in [0.29, 0.717) is 17.4 Å². The van der Waals surface area contributed by atoms with Gasteiger partial charge in [-0.25, -0.2) is 0 Å². The number of tetrazole rings is 1. The molecule has 11 heteroatoms. The fraction of sp³-hybridized carbons (Fsp3) is 0.263. The van der Waals surface area contributed by atoms with Crippen molar-refractivity contribution in [3.05, 3.63) is 54.1 Å². The first-order valence-corrected chi connectivity index (χ1v) is 9.90. The van der Waals surface area contributed by atoms with Gasteiger partial charge < -0.3 is 9.64 Å². The van der Waals surface area contributed by atoms with Crippen LogP contribution in [0.3, 0.4) is 0 Å². The number of amides is 1. The second kappa shape index (κ2) is 7.98. The molecule has 0 spiro atoms. The fourth-order valence-corrected chi connectivity index (χ4v) is 4.07. The van der Waals surface area contributed by atoms with Crippen LogP contribution >= 0.6 is 11.8 Å². The third-order valence-electron chi connectivity index (χ3n) is 4.54. The molecular weight excluding hydrogens is 419 g/mol. The Morgan fingerprint density at radius 2 is 1.90 bits per heavy atom. The van der Waals surface area contributed by atoms with Gasteiger partial charge in [-0.15, -0.1) is 18.3 Å². The van der Waals surface area contributed by atoms with E-state index in [1.165, 1.54) is 40.7 Å². The molecule has 0 saturated heterocycles. The van der Waals surface area contributed by atoms with Crippen LogP contribution in [0.5, 0.6) is 5.75 Å². The van der Waals surface area contributed by atoms with E-state index in [1.54, 1.807) is 11.8 Å². The molecule has 0 fully saturated rings. The highest BCUT2D eigenvalue weighted by Gasteiger charge is 2.31. The zero-order chi connectivity index (χ0) is 21.3. The van der Waals surface area contributed by atoms with Crippen LogP contribution in [0.1, 0.15) is 12.5 Å². The van der Waals surface area contributed by atoms with Crippen LogP contribution in [0.15, 0.2) is 53.7 Å². The number of benzene rings is 2. The van der Waals surface area contributed by atoms with E-state index in [9.17, 15) is 18.0 Å². The van der Waals surface area contributed by atoms with Gasteiger partial charge >= 0.3 is 6.36 Å². The average Bonchev–Trinajstić information content (AvgIpc) is 3.34. The summed E-state index contributed by atoms with van der Waals surface area (Å²) in [7, 11) is 0. The number of nitrogens with zero attached hydrogens (tertiary/aromatic N) is 5. The Bertz CT molecular complexity index is 1050. The Hall–Kier alpha value is -3.08. The maximum atomic E-state index is 13.0. The average molecular weight is 435 g/mol. The number of para-hydroxylation sites is 1. The molecule has 7 nitrogen and oxygen atoms in total. The SMILES string of the molecule is CC(Sc1nnnn1-c1ccc(OC(F)(F)F)cc1)C(=O)N1CCc2ccccc21. The van der Waals surface area contributed by atoms with Crippen LogP contribution in [0.2, 0.25) is 0 Å². The van der Waals surface area contributed by atoms with E-state index >= 15 is 0 Å². The Balaban J connectivity index is 1.48. The number of aromatic nitrogens is 4. The van der Waals surface area contributed by atoms with Crippen molar-refractivity contribution in [2.75, 3.05) is 11.4 Å². The summed E-state index contributed by atoms with van der Waals surface area (Å²) in [5.74, 6) is -0.404. The molecule has 0 bridgehead atoms. The van der Waals surface area contributed by atoms with Crippen LogP contribution in [0.4, 0.5) is 18.9 Å². The maximum absolute atomic E-state index is 13.0. The standard InChI is InChI=1S/C19H16F3N5O2S/c1-12(17(28)26-11-10-13-4-2-3-5-16(13)26)30-18-23-24-25-27(18)14-6-8-15(9-7-14)29-19(20,21)22/h2-9,12H,10-11H2,1H3. The number of rotatable bonds is 5. The second-order valence-electron chi connectivity index (χ2n) is 6.54. The highest BCUT2D eigenvalue weighted by atomic mass is 32.2. The van der Waals surface area contributed by atoms with Gasteiger partial charge in [0.25, 0.3) is 0 Å². The Labute approximate surface area is 173 Å². The lowest BCUT2D eigenvalue weighted by molar-refractivity contribution is -0.274. The zero-order valence-corrected chi connectivity index (χ0v) is 16.5. The van der Waals surface area contributed by atoms with Gasteiger partial charge in [0.05, 0.1) is 10.9 Å². The summed E-state index contributed by atoms with van der Waals surface area (Å²) in [6.45, 7) is 2.39. The van der Waals surface area contributed by atoms with Gasteiger partial charge in [-0.05, 0) is 59.7 Å². The molecule has 1 amide bonds. The van der Waals surface area contributed by atoms with Crippen molar-refractivity contribution in [1.82, 2.24) is 20.2 Å². The number of halogens is 3. The minimum absolute atomic E-state index is 0.0616. The maximum Gasteiger partial charge on any atom is 0.573 e. The van der Waals surface area contributed by atoms with Gasteiger partial charge in [0.1, 0.15) is 5.75 Å². The molecule has 156 valence electrons. The van der Waals surface area contributed by atoms with Crippen LogP contribution in [0, 0.1) is 0 Å². The monoisotopic (exact) mass is 435 g/mol. The van der Waals surface area contributed by atoms with Gasteiger partial charge in [-0.2, -0.15) is 4.68 Å². The molecule has 30 heavy (non-hydrogen) atoms. The number of alkyl halides is 3. The topological polar surface area (TPSA) is 73.1 Å². The second-order valence-corrected chi connectivity index (χ2v) is 7.85. The third-order valence-corrected chi connectivity index (χ3v) is 5.56. The Morgan fingerprint density at radius 3 is 2.63 bits per heavy atom. The minimum Gasteiger partial charge on any atom is -0.406 e. The number of fused-ring (bicyclic) bond motifs is 1. The zero-order valence-electron chi connectivity index (χ0n) is 15.7. The quantitative estimate of drug-likeness (QED) is 0.570. The van der Waals surface area contributed by atoms with Crippen LogP contribution in [-0.4, -0.2) is 44.3 Å². The number of carbonyl (C=O) groups is 1. The number of thioether (sulfide) groups is 1. The van der Waals surface area contributed by atoms with E-state index in [0.717, 1.165) is 17.7 Å². The van der Waals surface area contributed by atoms with Gasteiger partial charge in [0, 0.05) is 12.2 Å². The van der Waals surface area contributed by atoms with Gasteiger partial charge in [-0.1, -0.05) is 30.0 Å². The van der Waals surface area contributed by atoms with Crippen LogP contribution < -0.4 is 9.64 Å². The van der Waals surface area contributed by atoms with Crippen molar-refractivity contribution in [2.24, 2.45) is 0 Å². The van der Waals surface area contributed by atoms with Gasteiger partial charge in [0.15, 0.2) is 0 Å². The first-order chi connectivity index (χ1) is 14.3. The largest absolute Gasteiger partial charge is 0.573 e. The lowest BCUT2D eigenvalue weighted by Crippen LogP contribution is -2.35. The van der Waals surface area contributed by atoms with Crippen LogP contribution in [0.25, 0.3) is 5.69 Å². The van der Waals surface area contributed by atoms with Crippen molar-refractivity contribution in [1.29, 1.82) is 0 Å². The Kier molecular flexibility index (Phi) is 5.37.